The number of benzene rings is 1. The summed E-state index contributed by atoms with van der Waals surface area (Å²) in [4.78, 5) is 13.6. The summed E-state index contributed by atoms with van der Waals surface area (Å²) in [6, 6.07) is 7.18. The van der Waals surface area contributed by atoms with Crippen LogP contribution in [0.1, 0.15) is 19.4 Å². The zero-order chi connectivity index (χ0) is 16.6. The summed E-state index contributed by atoms with van der Waals surface area (Å²) in [6.07, 6.45) is 0.298. The molecule has 1 N–H and O–H groups in total. The number of nitrogens with one attached hydrogen (secondary N) is 1. The highest BCUT2D eigenvalue weighted by Gasteiger charge is 2.23. The largest absolute Gasteiger partial charge is 0.423 e. The lowest BCUT2D eigenvalue weighted by molar-refractivity contribution is -0.0473. The number of thiocarbonyl (C=S) groups is 1. The molecule has 2 heterocycles. The van der Waals surface area contributed by atoms with Gasteiger partial charge < -0.3 is 19.4 Å². The predicted octanol–water partition coefficient (Wildman–Crippen LogP) is 2.91. The molecule has 0 aliphatic carbocycles. The first-order chi connectivity index (χ1) is 10.9. The van der Waals surface area contributed by atoms with Crippen molar-refractivity contribution >= 4 is 34.0 Å². The van der Waals surface area contributed by atoms with E-state index in [-0.39, 0.29) is 17.8 Å². The highest BCUT2D eigenvalue weighted by Crippen LogP contribution is 2.21. The summed E-state index contributed by atoms with van der Waals surface area (Å²) in [7, 11) is 0. The Balaban J connectivity index is 1.81. The van der Waals surface area contributed by atoms with Crippen LogP contribution in [0, 0.1) is 6.92 Å². The van der Waals surface area contributed by atoms with E-state index < -0.39 is 0 Å². The lowest BCUT2D eigenvalue weighted by Crippen LogP contribution is -2.49. The molecule has 1 saturated heterocycles. The SMILES string of the molecule is Cc1cc(=O)oc2cc(NC(=S)N3C[C@H](C)O[C@@H](C)C3)ccc12. The lowest BCUT2D eigenvalue weighted by Gasteiger charge is -2.36. The molecule has 1 aromatic carbocycles. The Morgan fingerprint density at radius 3 is 2.65 bits per heavy atom. The zero-order valence-corrected chi connectivity index (χ0v) is 14.3. The van der Waals surface area contributed by atoms with E-state index in [0.29, 0.717) is 10.7 Å². The minimum absolute atomic E-state index is 0.149. The van der Waals surface area contributed by atoms with E-state index in [1.165, 1.54) is 6.07 Å². The third-order valence-corrected chi connectivity index (χ3v) is 4.27. The molecule has 0 spiro atoms. The first-order valence-electron chi connectivity index (χ1n) is 7.68. The van der Waals surface area contributed by atoms with Gasteiger partial charge in [0.1, 0.15) is 5.58 Å². The van der Waals surface area contributed by atoms with Crippen molar-refractivity contribution in [2.75, 3.05) is 18.4 Å². The van der Waals surface area contributed by atoms with Gasteiger partial charge in [0.25, 0.3) is 0 Å². The molecule has 1 fully saturated rings. The summed E-state index contributed by atoms with van der Waals surface area (Å²) in [5.41, 5.74) is 1.93. The van der Waals surface area contributed by atoms with Crippen LogP contribution in [0.2, 0.25) is 0 Å². The van der Waals surface area contributed by atoms with Gasteiger partial charge in [-0.15, -0.1) is 0 Å². The number of fused-ring (bicyclic) bond motifs is 1. The lowest BCUT2D eigenvalue weighted by atomic mass is 10.1. The van der Waals surface area contributed by atoms with Crippen LogP contribution in [0.15, 0.2) is 33.5 Å². The Hall–Kier alpha value is -1.92. The summed E-state index contributed by atoms with van der Waals surface area (Å²) in [5, 5.41) is 4.80. The number of hydrogen-bond donors (Lipinski definition) is 1. The molecule has 1 aromatic heterocycles. The van der Waals surface area contributed by atoms with Crippen LogP contribution >= 0.6 is 12.2 Å². The van der Waals surface area contributed by atoms with Gasteiger partial charge in [0.2, 0.25) is 0 Å². The Morgan fingerprint density at radius 2 is 1.96 bits per heavy atom. The monoisotopic (exact) mass is 332 g/mol. The molecular formula is C17H20N2O3S. The Bertz CT molecular complexity index is 792. The molecule has 0 bridgehead atoms. The van der Waals surface area contributed by atoms with Crippen molar-refractivity contribution < 1.29 is 9.15 Å². The smallest absolute Gasteiger partial charge is 0.336 e. The Morgan fingerprint density at radius 1 is 1.26 bits per heavy atom. The standard InChI is InChI=1S/C17H20N2O3S/c1-10-6-16(20)22-15-7-13(4-5-14(10)15)18-17(23)19-8-11(2)21-12(3)9-19/h4-7,11-12H,8-9H2,1-3H3,(H,18,23)/t11-,12-/m0/s1. The maximum Gasteiger partial charge on any atom is 0.336 e. The van der Waals surface area contributed by atoms with Gasteiger partial charge in [0.05, 0.1) is 12.2 Å². The molecule has 2 aromatic rings. The molecule has 6 heteroatoms. The van der Waals surface area contributed by atoms with Crippen LogP contribution in [0.5, 0.6) is 0 Å². The maximum atomic E-state index is 11.5. The van der Waals surface area contributed by atoms with Crippen molar-refractivity contribution in [3.63, 3.8) is 0 Å². The number of nitrogens with zero attached hydrogens (tertiary/aromatic N) is 1. The summed E-state index contributed by atoms with van der Waals surface area (Å²) >= 11 is 5.50. The molecule has 0 amide bonds. The van der Waals surface area contributed by atoms with Gasteiger partial charge >= 0.3 is 5.63 Å². The normalized spacial score (nSPS) is 21.4. The number of rotatable bonds is 1. The van der Waals surface area contributed by atoms with Crippen molar-refractivity contribution in [2.24, 2.45) is 0 Å². The highest BCUT2D eigenvalue weighted by atomic mass is 32.1. The summed E-state index contributed by atoms with van der Waals surface area (Å²) in [5.74, 6) is 0. The van der Waals surface area contributed by atoms with E-state index in [2.05, 4.69) is 10.2 Å². The molecule has 1 aliphatic heterocycles. The van der Waals surface area contributed by atoms with Gasteiger partial charge in [-0.25, -0.2) is 4.79 Å². The van der Waals surface area contributed by atoms with Crippen LogP contribution in [0.4, 0.5) is 5.69 Å². The van der Waals surface area contributed by atoms with E-state index >= 15 is 0 Å². The van der Waals surface area contributed by atoms with Crippen molar-refractivity contribution in [3.05, 3.63) is 40.2 Å². The van der Waals surface area contributed by atoms with Crippen LogP contribution in [0.25, 0.3) is 11.0 Å². The maximum absolute atomic E-state index is 11.5. The number of hydrogen-bond acceptors (Lipinski definition) is 4. The number of ether oxygens (including phenoxy) is 1. The minimum atomic E-state index is -0.342. The first kappa shape index (κ1) is 16.0. The molecule has 0 unspecified atom stereocenters. The molecule has 5 nitrogen and oxygen atoms in total. The van der Waals surface area contributed by atoms with Gasteiger partial charge in [0, 0.05) is 36.3 Å². The van der Waals surface area contributed by atoms with Crippen molar-refractivity contribution in [1.29, 1.82) is 0 Å². The number of aryl methyl sites for hydroxylation is 1. The van der Waals surface area contributed by atoms with Crippen molar-refractivity contribution in [1.82, 2.24) is 4.90 Å². The second kappa shape index (κ2) is 6.29. The molecule has 0 radical (unpaired) electrons. The van der Waals surface area contributed by atoms with Gasteiger partial charge in [-0.3, -0.25) is 0 Å². The molecular weight excluding hydrogens is 312 g/mol. The van der Waals surface area contributed by atoms with Gasteiger partial charge in [-0.2, -0.15) is 0 Å². The molecule has 122 valence electrons. The summed E-state index contributed by atoms with van der Waals surface area (Å²) < 4.78 is 11.0. The molecule has 1 aliphatic rings. The molecule has 23 heavy (non-hydrogen) atoms. The average molecular weight is 332 g/mol. The second-order valence-corrected chi connectivity index (χ2v) is 6.44. The van der Waals surface area contributed by atoms with Crippen LogP contribution in [0.3, 0.4) is 0 Å². The van der Waals surface area contributed by atoms with E-state index in [1.54, 1.807) is 0 Å². The van der Waals surface area contributed by atoms with Crippen molar-refractivity contribution in [2.45, 2.75) is 33.0 Å². The van der Waals surface area contributed by atoms with E-state index in [1.807, 2.05) is 39.0 Å². The van der Waals surface area contributed by atoms with Crippen LogP contribution in [-0.4, -0.2) is 35.3 Å². The zero-order valence-electron chi connectivity index (χ0n) is 13.5. The number of morpholine rings is 1. The Kier molecular flexibility index (Phi) is 4.37. The molecule has 3 rings (SSSR count). The topological polar surface area (TPSA) is 54.7 Å². The second-order valence-electron chi connectivity index (χ2n) is 6.05. The average Bonchev–Trinajstić information content (AvgIpc) is 2.45. The van der Waals surface area contributed by atoms with E-state index in [9.17, 15) is 4.79 Å². The minimum Gasteiger partial charge on any atom is -0.423 e. The van der Waals surface area contributed by atoms with Gasteiger partial charge in [-0.1, -0.05) is 0 Å². The molecule has 0 saturated carbocycles. The quantitative estimate of drug-likeness (QED) is 0.640. The third-order valence-electron chi connectivity index (χ3n) is 3.91. The fraction of sp³-hybridized carbons (Fsp3) is 0.412. The van der Waals surface area contributed by atoms with Crippen molar-refractivity contribution in [3.8, 4) is 0 Å². The van der Waals surface area contributed by atoms with Gasteiger partial charge in [0.15, 0.2) is 5.11 Å². The van der Waals surface area contributed by atoms with Crippen LogP contribution < -0.4 is 10.9 Å². The highest BCUT2D eigenvalue weighted by molar-refractivity contribution is 7.80. The van der Waals surface area contributed by atoms with Gasteiger partial charge in [-0.05, 0) is 50.7 Å². The van der Waals surface area contributed by atoms with E-state index in [4.69, 9.17) is 21.4 Å². The van der Waals surface area contributed by atoms with E-state index in [0.717, 1.165) is 29.7 Å². The predicted molar refractivity (Wildman–Crippen MR) is 95.0 cm³/mol. The fourth-order valence-electron chi connectivity index (χ4n) is 2.95. The Labute approximate surface area is 140 Å². The first-order valence-corrected chi connectivity index (χ1v) is 8.09. The molecule has 2 atom stereocenters. The number of anilines is 1. The summed E-state index contributed by atoms with van der Waals surface area (Å²) in [6.45, 7) is 7.50. The van der Waals surface area contributed by atoms with Crippen LogP contribution in [-0.2, 0) is 4.74 Å². The third kappa shape index (κ3) is 3.54. The fourth-order valence-corrected chi connectivity index (χ4v) is 3.22.